The van der Waals surface area contributed by atoms with Crippen LogP contribution in [-0.4, -0.2) is 5.11 Å². The fraction of sp³-hybridized carbons (Fsp3) is 0.111. The highest BCUT2D eigenvalue weighted by atomic mass is 19.2. The van der Waals surface area contributed by atoms with Crippen LogP contribution in [0.2, 0.25) is 0 Å². The Morgan fingerprint density at radius 3 is 2.82 bits per heavy atom. The topological polar surface area (TPSA) is 20.2 Å². The van der Waals surface area contributed by atoms with E-state index in [1.807, 2.05) is 0 Å². The Morgan fingerprint density at radius 1 is 1.64 bits per heavy atom. The maximum Gasteiger partial charge on any atom is 0.252 e. The molecule has 1 N–H and O–H groups in total. The molecule has 2 heteroatoms. The molecule has 0 saturated heterocycles. The van der Waals surface area contributed by atoms with Crippen LogP contribution in [0.4, 0.5) is 4.39 Å². The van der Waals surface area contributed by atoms with Gasteiger partial charge in [-0.3, -0.25) is 0 Å². The molecule has 1 unspecified atom stereocenters. The van der Waals surface area contributed by atoms with Gasteiger partial charge in [-0.1, -0.05) is 30.8 Å². The van der Waals surface area contributed by atoms with Gasteiger partial charge in [-0.05, 0) is 12.1 Å². The molecule has 1 atom stereocenters. The molecule has 57 valence electrons. The summed E-state index contributed by atoms with van der Waals surface area (Å²) < 4.78 is 13.0. The zero-order valence-electron chi connectivity index (χ0n) is 5.92. The van der Waals surface area contributed by atoms with E-state index in [1.54, 1.807) is 12.1 Å². The Balaban J connectivity index is 3.02. The summed E-state index contributed by atoms with van der Waals surface area (Å²) in [6.45, 7) is 3.16. The highest BCUT2D eigenvalue weighted by Crippen LogP contribution is 2.22. The lowest BCUT2D eigenvalue weighted by Crippen LogP contribution is -2.14. The second kappa shape index (κ2) is 2.84. The van der Waals surface area contributed by atoms with E-state index in [2.05, 4.69) is 12.6 Å². The first-order valence-corrected chi connectivity index (χ1v) is 3.19. The van der Waals surface area contributed by atoms with E-state index in [-0.39, 0.29) is 5.56 Å². The smallest absolute Gasteiger partial charge is 0.252 e. The summed E-state index contributed by atoms with van der Waals surface area (Å²) in [5, 5.41) is 8.98. The lowest BCUT2D eigenvalue weighted by atomic mass is 10.1. The molecular formula is C9H8FO. The largest absolute Gasteiger partial charge is 0.355 e. The Kier molecular flexibility index (Phi) is 2.06. The molecule has 0 aliphatic carbocycles. The van der Waals surface area contributed by atoms with Crippen molar-refractivity contribution in [3.8, 4) is 0 Å². The minimum absolute atomic E-state index is 0.0787. The van der Waals surface area contributed by atoms with Crippen LogP contribution < -0.4 is 0 Å². The number of benzene rings is 1. The number of aliphatic hydroxyl groups is 1. The molecule has 0 aromatic heterocycles. The predicted molar refractivity (Wildman–Crippen MR) is 40.5 cm³/mol. The first-order chi connectivity index (χ1) is 5.17. The lowest BCUT2D eigenvalue weighted by molar-refractivity contribution is -0.0467. The van der Waals surface area contributed by atoms with Crippen molar-refractivity contribution >= 4 is 0 Å². The lowest BCUT2D eigenvalue weighted by Gasteiger charge is -2.12. The zero-order valence-corrected chi connectivity index (χ0v) is 5.92. The maximum absolute atomic E-state index is 13.0. The molecule has 1 aromatic carbocycles. The molecule has 0 amide bonds. The third kappa shape index (κ3) is 1.65. The molecule has 0 aliphatic rings. The normalized spacial score (nSPS) is 15.5. The summed E-state index contributed by atoms with van der Waals surface area (Å²) in [6.07, 6.45) is 0.832. The third-order valence-electron chi connectivity index (χ3n) is 1.36. The van der Waals surface area contributed by atoms with Crippen molar-refractivity contribution in [2.75, 3.05) is 0 Å². The molecule has 1 radical (unpaired) electrons. The zero-order chi connectivity index (χ0) is 8.32. The van der Waals surface area contributed by atoms with Crippen molar-refractivity contribution in [2.24, 2.45) is 0 Å². The Labute approximate surface area is 64.8 Å². The SMILES string of the molecule is C=CC(O)(F)c1[c]cccc1. The van der Waals surface area contributed by atoms with Gasteiger partial charge in [-0.15, -0.1) is 0 Å². The first-order valence-electron chi connectivity index (χ1n) is 3.19. The van der Waals surface area contributed by atoms with E-state index in [0.29, 0.717) is 0 Å². The van der Waals surface area contributed by atoms with Crippen molar-refractivity contribution in [2.45, 2.75) is 5.85 Å². The summed E-state index contributed by atoms with van der Waals surface area (Å²) in [4.78, 5) is 0. The third-order valence-corrected chi connectivity index (χ3v) is 1.36. The van der Waals surface area contributed by atoms with Crippen LogP contribution in [0.15, 0.2) is 36.9 Å². The summed E-state index contributed by atoms with van der Waals surface area (Å²) in [5.41, 5.74) is 0.0787. The summed E-state index contributed by atoms with van der Waals surface area (Å²) in [6, 6.07) is 8.86. The summed E-state index contributed by atoms with van der Waals surface area (Å²) >= 11 is 0. The minimum Gasteiger partial charge on any atom is -0.355 e. The molecular weight excluding hydrogens is 143 g/mol. The van der Waals surface area contributed by atoms with Gasteiger partial charge < -0.3 is 5.11 Å². The summed E-state index contributed by atoms with van der Waals surface area (Å²) in [5.74, 6) is -2.46. The van der Waals surface area contributed by atoms with Crippen LogP contribution in [0.1, 0.15) is 5.56 Å². The van der Waals surface area contributed by atoms with Crippen LogP contribution in [-0.2, 0) is 5.85 Å². The second-order valence-corrected chi connectivity index (χ2v) is 2.15. The van der Waals surface area contributed by atoms with E-state index in [9.17, 15) is 4.39 Å². The van der Waals surface area contributed by atoms with Crippen molar-refractivity contribution in [1.29, 1.82) is 0 Å². The first kappa shape index (κ1) is 7.95. The van der Waals surface area contributed by atoms with E-state index in [1.165, 1.54) is 12.1 Å². The van der Waals surface area contributed by atoms with E-state index < -0.39 is 5.85 Å². The fourth-order valence-electron chi connectivity index (χ4n) is 0.721. The van der Waals surface area contributed by atoms with E-state index in [4.69, 9.17) is 5.11 Å². The average molecular weight is 151 g/mol. The standard InChI is InChI=1S/C9H8FO/c1-2-9(10,11)8-6-4-3-5-7-8/h2-6,11H,1H2. The number of rotatable bonds is 2. The van der Waals surface area contributed by atoms with Gasteiger partial charge in [-0.2, -0.15) is 0 Å². The Bertz CT molecular complexity index is 241. The molecule has 0 spiro atoms. The van der Waals surface area contributed by atoms with Crippen LogP contribution in [0.3, 0.4) is 0 Å². The second-order valence-electron chi connectivity index (χ2n) is 2.15. The van der Waals surface area contributed by atoms with Gasteiger partial charge in [-0.25, -0.2) is 4.39 Å². The number of halogens is 1. The van der Waals surface area contributed by atoms with Crippen molar-refractivity contribution in [3.05, 3.63) is 48.6 Å². The molecule has 1 nitrogen and oxygen atoms in total. The molecule has 0 saturated carbocycles. The van der Waals surface area contributed by atoms with E-state index >= 15 is 0 Å². The highest BCUT2D eigenvalue weighted by molar-refractivity contribution is 5.21. The molecule has 0 heterocycles. The van der Waals surface area contributed by atoms with E-state index in [0.717, 1.165) is 6.08 Å². The number of alkyl halides is 1. The molecule has 1 aromatic rings. The fourth-order valence-corrected chi connectivity index (χ4v) is 0.721. The van der Waals surface area contributed by atoms with Crippen LogP contribution >= 0.6 is 0 Å². The molecule has 0 fully saturated rings. The van der Waals surface area contributed by atoms with Gasteiger partial charge in [0.15, 0.2) is 0 Å². The van der Waals surface area contributed by atoms with Crippen molar-refractivity contribution in [1.82, 2.24) is 0 Å². The van der Waals surface area contributed by atoms with Gasteiger partial charge >= 0.3 is 0 Å². The minimum atomic E-state index is -2.46. The van der Waals surface area contributed by atoms with Crippen LogP contribution in [0.5, 0.6) is 0 Å². The average Bonchev–Trinajstić information content (AvgIpc) is 2.06. The quantitative estimate of drug-likeness (QED) is 0.639. The number of hydrogen-bond donors (Lipinski definition) is 1. The highest BCUT2D eigenvalue weighted by Gasteiger charge is 2.23. The predicted octanol–water partition coefficient (Wildman–Crippen LogP) is 1.79. The molecule has 0 aliphatic heterocycles. The van der Waals surface area contributed by atoms with Crippen LogP contribution in [0.25, 0.3) is 0 Å². The maximum atomic E-state index is 13.0. The van der Waals surface area contributed by atoms with Gasteiger partial charge in [0.05, 0.1) is 0 Å². The van der Waals surface area contributed by atoms with Gasteiger partial charge in [0.1, 0.15) is 0 Å². The van der Waals surface area contributed by atoms with Gasteiger partial charge in [0.25, 0.3) is 5.85 Å². The summed E-state index contributed by atoms with van der Waals surface area (Å²) in [7, 11) is 0. The number of hydrogen-bond acceptors (Lipinski definition) is 1. The van der Waals surface area contributed by atoms with Crippen molar-refractivity contribution in [3.63, 3.8) is 0 Å². The molecule has 11 heavy (non-hydrogen) atoms. The van der Waals surface area contributed by atoms with Gasteiger partial charge in [0, 0.05) is 5.56 Å². The monoisotopic (exact) mass is 151 g/mol. The Morgan fingerprint density at radius 2 is 2.36 bits per heavy atom. The Hall–Kier alpha value is -1.15. The van der Waals surface area contributed by atoms with Crippen molar-refractivity contribution < 1.29 is 9.50 Å². The molecule has 0 bridgehead atoms. The van der Waals surface area contributed by atoms with Gasteiger partial charge in [0.2, 0.25) is 0 Å². The van der Waals surface area contributed by atoms with Crippen LogP contribution in [0, 0.1) is 6.07 Å². The molecule has 1 rings (SSSR count).